The largest absolute Gasteiger partial charge is 0.490 e. The second-order valence-electron chi connectivity index (χ2n) is 5.35. The van der Waals surface area contributed by atoms with Gasteiger partial charge >= 0.3 is 12.1 Å². The van der Waals surface area contributed by atoms with Gasteiger partial charge in [-0.25, -0.2) is 14.0 Å². The molecule has 25 heavy (non-hydrogen) atoms. The van der Waals surface area contributed by atoms with Crippen LogP contribution in [0, 0.1) is 5.82 Å². The molecule has 0 unspecified atom stereocenters. The Labute approximate surface area is 150 Å². The normalized spacial score (nSPS) is 16.6. The lowest BCUT2D eigenvalue weighted by molar-refractivity contribution is 0.0696. The standard InChI is InChI=1S/C17H13BrFNO5/c18-11-3-6-15(14(19)7-11)20-8-13(25-17(20)23)9-24-12-4-1-10(2-5-12)16(21)22/h1-7,13H,8-9H2,(H,21,22)/t13-/m0/s1. The lowest BCUT2D eigenvalue weighted by Gasteiger charge is -2.14. The molecule has 1 aliphatic rings. The molecule has 0 radical (unpaired) electrons. The van der Waals surface area contributed by atoms with Gasteiger partial charge in [-0.3, -0.25) is 4.90 Å². The fourth-order valence-corrected chi connectivity index (χ4v) is 2.72. The molecule has 0 aliphatic carbocycles. The number of nitrogens with zero attached hydrogens (tertiary/aromatic N) is 1. The van der Waals surface area contributed by atoms with Gasteiger partial charge in [0.2, 0.25) is 0 Å². The molecule has 1 atom stereocenters. The molecule has 6 nitrogen and oxygen atoms in total. The highest BCUT2D eigenvalue weighted by atomic mass is 79.9. The van der Waals surface area contributed by atoms with Crippen LogP contribution < -0.4 is 9.64 Å². The Morgan fingerprint density at radius 3 is 2.68 bits per heavy atom. The number of carboxylic acids is 1. The number of aromatic carboxylic acids is 1. The van der Waals surface area contributed by atoms with E-state index in [-0.39, 0.29) is 24.4 Å². The van der Waals surface area contributed by atoms with Crippen molar-refractivity contribution in [3.8, 4) is 5.75 Å². The van der Waals surface area contributed by atoms with Crippen LogP contribution in [0.1, 0.15) is 10.4 Å². The Balaban J connectivity index is 1.62. The van der Waals surface area contributed by atoms with E-state index < -0.39 is 24.0 Å². The summed E-state index contributed by atoms with van der Waals surface area (Å²) in [7, 11) is 0. The maximum atomic E-state index is 14.0. The third-order valence-electron chi connectivity index (χ3n) is 3.61. The first-order valence-corrected chi connectivity index (χ1v) is 8.12. The van der Waals surface area contributed by atoms with Crippen molar-refractivity contribution in [3.63, 3.8) is 0 Å². The summed E-state index contributed by atoms with van der Waals surface area (Å²) in [4.78, 5) is 24.0. The SMILES string of the molecule is O=C(O)c1ccc(OC[C@@H]2CN(c3ccc(Br)cc3F)C(=O)O2)cc1. The molecule has 8 heteroatoms. The van der Waals surface area contributed by atoms with Crippen LogP contribution in [-0.2, 0) is 4.74 Å². The molecule has 1 aliphatic heterocycles. The highest BCUT2D eigenvalue weighted by Crippen LogP contribution is 2.27. The Morgan fingerprint density at radius 1 is 1.32 bits per heavy atom. The Kier molecular flexibility index (Phi) is 4.89. The van der Waals surface area contributed by atoms with Gasteiger partial charge < -0.3 is 14.6 Å². The monoisotopic (exact) mass is 409 g/mol. The molecule has 1 heterocycles. The van der Waals surface area contributed by atoms with Gasteiger partial charge in [-0.1, -0.05) is 15.9 Å². The van der Waals surface area contributed by atoms with Crippen molar-refractivity contribution in [3.05, 3.63) is 58.3 Å². The lowest BCUT2D eigenvalue weighted by atomic mass is 10.2. The van der Waals surface area contributed by atoms with E-state index in [2.05, 4.69) is 15.9 Å². The average molecular weight is 410 g/mol. The molecule has 1 fully saturated rings. The number of halogens is 2. The molecule has 0 spiro atoms. The summed E-state index contributed by atoms with van der Waals surface area (Å²) in [6.07, 6.45) is -1.20. The van der Waals surface area contributed by atoms with Gasteiger partial charge in [0.15, 0.2) is 6.10 Å². The Bertz CT molecular complexity index is 811. The van der Waals surface area contributed by atoms with E-state index in [1.165, 1.54) is 41.3 Å². The van der Waals surface area contributed by atoms with Gasteiger partial charge in [-0.05, 0) is 42.5 Å². The maximum absolute atomic E-state index is 14.0. The van der Waals surface area contributed by atoms with E-state index in [1.807, 2.05) is 0 Å². The van der Waals surface area contributed by atoms with Crippen molar-refractivity contribution in [1.82, 2.24) is 0 Å². The summed E-state index contributed by atoms with van der Waals surface area (Å²) >= 11 is 3.17. The summed E-state index contributed by atoms with van der Waals surface area (Å²) in [6.45, 7) is 0.234. The van der Waals surface area contributed by atoms with Gasteiger partial charge in [-0.15, -0.1) is 0 Å². The topological polar surface area (TPSA) is 76.1 Å². The maximum Gasteiger partial charge on any atom is 0.414 e. The van der Waals surface area contributed by atoms with Crippen molar-refractivity contribution in [2.24, 2.45) is 0 Å². The Hall–Kier alpha value is -2.61. The van der Waals surface area contributed by atoms with E-state index in [4.69, 9.17) is 14.6 Å². The number of carboxylic acid groups (broad SMARTS) is 1. The third-order valence-corrected chi connectivity index (χ3v) is 4.11. The summed E-state index contributed by atoms with van der Waals surface area (Å²) < 4.78 is 25.3. The molecule has 1 saturated heterocycles. The van der Waals surface area contributed by atoms with Crippen LogP contribution in [0.2, 0.25) is 0 Å². The number of cyclic esters (lactones) is 1. The van der Waals surface area contributed by atoms with Crippen molar-refractivity contribution < 1.29 is 28.6 Å². The van der Waals surface area contributed by atoms with Crippen LogP contribution >= 0.6 is 15.9 Å². The number of hydrogen-bond donors (Lipinski definition) is 1. The molecule has 0 bridgehead atoms. The van der Waals surface area contributed by atoms with Crippen LogP contribution in [0.5, 0.6) is 5.75 Å². The minimum atomic E-state index is -1.02. The van der Waals surface area contributed by atoms with Crippen molar-refractivity contribution in [2.75, 3.05) is 18.1 Å². The summed E-state index contributed by atoms with van der Waals surface area (Å²) in [5.41, 5.74) is 0.290. The van der Waals surface area contributed by atoms with Gasteiger partial charge in [-0.2, -0.15) is 0 Å². The van der Waals surface area contributed by atoms with E-state index in [9.17, 15) is 14.0 Å². The first-order valence-electron chi connectivity index (χ1n) is 7.33. The second kappa shape index (κ2) is 7.10. The number of carbonyl (C=O) groups excluding carboxylic acids is 1. The molecule has 0 saturated carbocycles. The molecule has 2 aromatic rings. The van der Waals surface area contributed by atoms with Crippen LogP contribution in [0.15, 0.2) is 46.9 Å². The highest BCUT2D eigenvalue weighted by Gasteiger charge is 2.34. The fourth-order valence-electron chi connectivity index (χ4n) is 2.39. The van der Waals surface area contributed by atoms with E-state index in [1.54, 1.807) is 6.07 Å². The first kappa shape index (κ1) is 17.2. The molecule has 1 amide bonds. The Morgan fingerprint density at radius 2 is 2.04 bits per heavy atom. The second-order valence-corrected chi connectivity index (χ2v) is 6.27. The van der Waals surface area contributed by atoms with Crippen LogP contribution in [0.25, 0.3) is 0 Å². The number of anilines is 1. The predicted molar refractivity (Wildman–Crippen MR) is 90.6 cm³/mol. The molecular formula is C17H13BrFNO5. The van der Waals surface area contributed by atoms with Gasteiger partial charge in [0, 0.05) is 4.47 Å². The molecule has 3 rings (SSSR count). The van der Waals surface area contributed by atoms with E-state index >= 15 is 0 Å². The predicted octanol–water partition coefficient (Wildman–Crippen LogP) is 3.69. The van der Waals surface area contributed by atoms with Gasteiger partial charge in [0.1, 0.15) is 18.2 Å². The van der Waals surface area contributed by atoms with Crippen LogP contribution in [0.3, 0.4) is 0 Å². The van der Waals surface area contributed by atoms with Gasteiger partial charge in [0.05, 0.1) is 17.8 Å². The van der Waals surface area contributed by atoms with E-state index in [0.717, 1.165) is 0 Å². The number of benzene rings is 2. The summed E-state index contributed by atoms with van der Waals surface area (Å²) in [5.74, 6) is -1.10. The smallest absolute Gasteiger partial charge is 0.414 e. The lowest BCUT2D eigenvalue weighted by Crippen LogP contribution is -2.27. The van der Waals surface area contributed by atoms with Crippen molar-refractivity contribution >= 4 is 33.7 Å². The summed E-state index contributed by atoms with van der Waals surface area (Å²) in [6, 6.07) is 10.3. The molecule has 1 N–H and O–H groups in total. The number of hydrogen-bond acceptors (Lipinski definition) is 4. The van der Waals surface area contributed by atoms with Crippen molar-refractivity contribution in [2.45, 2.75) is 6.10 Å². The van der Waals surface area contributed by atoms with Crippen LogP contribution in [-0.4, -0.2) is 36.4 Å². The zero-order chi connectivity index (χ0) is 18.0. The van der Waals surface area contributed by atoms with Gasteiger partial charge in [0.25, 0.3) is 0 Å². The average Bonchev–Trinajstić information content (AvgIpc) is 2.94. The fraction of sp³-hybridized carbons (Fsp3) is 0.176. The number of rotatable bonds is 5. The quantitative estimate of drug-likeness (QED) is 0.814. The number of carbonyl (C=O) groups is 2. The highest BCUT2D eigenvalue weighted by molar-refractivity contribution is 9.10. The van der Waals surface area contributed by atoms with Crippen LogP contribution in [0.4, 0.5) is 14.9 Å². The third kappa shape index (κ3) is 3.90. The minimum absolute atomic E-state index is 0.0762. The summed E-state index contributed by atoms with van der Waals surface area (Å²) in [5, 5.41) is 8.85. The zero-order valence-corrected chi connectivity index (χ0v) is 14.4. The molecule has 130 valence electrons. The van der Waals surface area contributed by atoms with E-state index in [0.29, 0.717) is 10.2 Å². The molecule has 2 aromatic carbocycles. The number of amides is 1. The number of ether oxygens (including phenoxy) is 2. The molecule has 0 aromatic heterocycles. The molecular weight excluding hydrogens is 397 g/mol. The first-order chi connectivity index (χ1) is 11.9. The zero-order valence-electron chi connectivity index (χ0n) is 12.8. The van der Waals surface area contributed by atoms with Crippen molar-refractivity contribution in [1.29, 1.82) is 0 Å². The minimum Gasteiger partial charge on any atom is -0.490 e.